The van der Waals surface area contributed by atoms with Gasteiger partial charge in [-0.15, -0.1) is 11.8 Å². The highest BCUT2D eigenvalue weighted by atomic mass is 35.5. The summed E-state index contributed by atoms with van der Waals surface area (Å²) in [6, 6.07) is 10.8. The Bertz CT molecular complexity index is 1300. The van der Waals surface area contributed by atoms with Gasteiger partial charge in [0.1, 0.15) is 5.82 Å². The molecule has 11 heteroatoms. The predicted molar refractivity (Wildman–Crippen MR) is 137 cm³/mol. The highest BCUT2D eigenvalue weighted by molar-refractivity contribution is 8.04. The first kappa shape index (κ1) is 25.3. The lowest BCUT2D eigenvalue weighted by Gasteiger charge is -2.42. The van der Waals surface area contributed by atoms with Gasteiger partial charge in [-0.3, -0.25) is 9.59 Å². The number of Topliss-reactive ketones (excluding diaryl/α,β-unsaturated/α-hetero) is 1. The van der Waals surface area contributed by atoms with Crippen molar-refractivity contribution in [3.63, 3.8) is 0 Å². The highest BCUT2D eigenvalue weighted by Crippen LogP contribution is 2.50. The number of halogens is 2. The van der Waals surface area contributed by atoms with E-state index in [0.29, 0.717) is 23.6 Å². The molecule has 2 unspecified atom stereocenters. The van der Waals surface area contributed by atoms with Gasteiger partial charge in [0.2, 0.25) is 5.91 Å². The van der Waals surface area contributed by atoms with Crippen molar-refractivity contribution in [2.75, 3.05) is 31.1 Å². The van der Waals surface area contributed by atoms with Crippen LogP contribution in [0.2, 0.25) is 5.02 Å². The van der Waals surface area contributed by atoms with Crippen molar-refractivity contribution in [1.82, 2.24) is 9.80 Å². The molecule has 0 aromatic heterocycles. The van der Waals surface area contributed by atoms with Gasteiger partial charge in [-0.25, -0.2) is 18.9 Å². The average Bonchev–Trinajstić information content (AvgIpc) is 3.27. The molecule has 0 N–H and O–H groups in total. The molecule has 3 aliphatic heterocycles. The molecule has 3 heterocycles. The van der Waals surface area contributed by atoms with Crippen LogP contribution < -0.4 is 4.90 Å². The third-order valence-corrected chi connectivity index (χ3v) is 8.28. The fourth-order valence-electron chi connectivity index (χ4n) is 4.80. The van der Waals surface area contributed by atoms with E-state index < -0.39 is 35.1 Å². The van der Waals surface area contributed by atoms with Gasteiger partial charge in [-0.2, -0.15) is 0 Å². The molecule has 2 aromatic carbocycles. The molecule has 2 atom stereocenters. The molecule has 37 heavy (non-hydrogen) atoms. The number of carbonyl (C=O) groups excluding carboxylic acids is 4. The second-order valence-corrected chi connectivity index (χ2v) is 10.4. The van der Waals surface area contributed by atoms with Crippen LogP contribution in [0.1, 0.15) is 23.7 Å². The normalized spacial score (nSPS) is 21.2. The lowest BCUT2D eigenvalue weighted by Crippen LogP contribution is -2.61. The van der Waals surface area contributed by atoms with Crippen molar-refractivity contribution in [1.29, 1.82) is 0 Å². The summed E-state index contributed by atoms with van der Waals surface area (Å²) in [5.41, 5.74) is 1.46. The molecule has 5 rings (SSSR count). The van der Waals surface area contributed by atoms with Crippen LogP contribution >= 0.6 is 23.4 Å². The second kappa shape index (κ2) is 10.2. The van der Waals surface area contributed by atoms with Crippen molar-refractivity contribution in [3.05, 3.63) is 75.4 Å². The first-order valence-electron chi connectivity index (χ1n) is 11.8. The Kier molecular flexibility index (Phi) is 6.96. The van der Waals surface area contributed by atoms with Gasteiger partial charge in [0, 0.05) is 22.0 Å². The zero-order chi connectivity index (χ0) is 26.3. The summed E-state index contributed by atoms with van der Waals surface area (Å²) < 4.78 is 18.7. The van der Waals surface area contributed by atoms with Gasteiger partial charge in [0.15, 0.2) is 5.78 Å². The van der Waals surface area contributed by atoms with E-state index in [0.717, 1.165) is 15.4 Å². The number of anilines is 1. The molecule has 0 radical (unpaired) electrons. The van der Waals surface area contributed by atoms with Crippen LogP contribution in [0.25, 0.3) is 0 Å². The van der Waals surface area contributed by atoms with Crippen molar-refractivity contribution in [3.8, 4) is 0 Å². The SMILES string of the molecule is CCOC(=O)N1CCC2=C(C1)SC1C2C(=O)N(c2ccc(F)cc2)C(=O)N1CC(=O)c1ccc(Cl)cc1. The minimum atomic E-state index is -0.690. The number of imide groups is 1. The number of carbonyl (C=O) groups is 4. The van der Waals surface area contributed by atoms with E-state index in [9.17, 15) is 23.6 Å². The topological polar surface area (TPSA) is 87.2 Å². The molecule has 0 bridgehead atoms. The van der Waals surface area contributed by atoms with Crippen LogP contribution in [0, 0.1) is 11.7 Å². The van der Waals surface area contributed by atoms with Crippen LogP contribution in [-0.4, -0.2) is 65.2 Å². The molecule has 4 amide bonds. The molecule has 1 saturated heterocycles. The number of nitrogens with zero attached hydrogens (tertiary/aromatic N) is 3. The number of ketones is 1. The number of thioether (sulfide) groups is 1. The first-order valence-corrected chi connectivity index (χ1v) is 13.0. The van der Waals surface area contributed by atoms with Gasteiger partial charge >= 0.3 is 12.1 Å². The number of hydrogen-bond donors (Lipinski definition) is 0. The Morgan fingerprint density at radius 1 is 1.11 bits per heavy atom. The van der Waals surface area contributed by atoms with Gasteiger partial charge in [-0.1, -0.05) is 11.6 Å². The van der Waals surface area contributed by atoms with Crippen molar-refractivity contribution < 1.29 is 28.3 Å². The third kappa shape index (κ3) is 4.71. The summed E-state index contributed by atoms with van der Waals surface area (Å²) >= 11 is 7.28. The summed E-state index contributed by atoms with van der Waals surface area (Å²) in [6.45, 7) is 2.36. The van der Waals surface area contributed by atoms with Crippen LogP contribution in [-0.2, 0) is 9.53 Å². The largest absolute Gasteiger partial charge is 0.450 e. The van der Waals surface area contributed by atoms with E-state index in [1.165, 1.54) is 40.9 Å². The maximum atomic E-state index is 13.7. The van der Waals surface area contributed by atoms with E-state index in [4.69, 9.17) is 16.3 Å². The molecular formula is C26H23ClFN3O5S. The van der Waals surface area contributed by atoms with Gasteiger partial charge in [0.05, 0.1) is 36.7 Å². The number of urea groups is 1. The molecule has 192 valence electrons. The maximum absolute atomic E-state index is 13.7. The van der Waals surface area contributed by atoms with Crippen LogP contribution in [0.3, 0.4) is 0 Å². The quantitative estimate of drug-likeness (QED) is 0.497. The number of rotatable bonds is 5. The first-order chi connectivity index (χ1) is 17.8. The molecule has 0 saturated carbocycles. The Morgan fingerprint density at radius 2 is 1.81 bits per heavy atom. The Morgan fingerprint density at radius 3 is 2.49 bits per heavy atom. The molecule has 8 nitrogen and oxygen atoms in total. The van der Waals surface area contributed by atoms with Crippen molar-refractivity contribution >= 4 is 52.9 Å². The molecule has 2 aromatic rings. The standard InChI is InChI=1S/C26H23ClFN3O5S/c1-2-36-26(35)29-12-11-19-21(14-29)37-24-22(19)23(33)31(18-9-7-17(28)8-10-18)25(34)30(24)13-20(32)15-3-5-16(27)6-4-15/h3-10,22,24H,2,11-14H2,1H3. The predicted octanol–water partition coefficient (Wildman–Crippen LogP) is 4.94. The van der Waals surface area contributed by atoms with Crippen LogP contribution in [0.4, 0.5) is 19.7 Å². The second-order valence-electron chi connectivity index (χ2n) is 8.80. The molecule has 0 spiro atoms. The summed E-state index contributed by atoms with van der Waals surface area (Å²) in [6.07, 6.45) is 0.00741. The summed E-state index contributed by atoms with van der Waals surface area (Å²) in [4.78, 5) is 57.7. The smallest absolute Gasteiger partial charge is 0.410 e. The van der Waals surface area contributed by atoms with Crippen LogP contribution in [0.5, 0.6) is 0 Å². The molecule has 1 fully saturated rings. The zero-order valence-electron chi connectivity index (χ0n) is 19.9. The van der Waals surface area contributed by atoms with Crippen LogP contribution in [0.15, 0.2) is 59.0 Å². The number of hydrogen-bond acceptors (Lipinski definition) is 6. The third-order valence-electron chi connectivity index (χ3n) is 6.59. The summed E-state index contributed by atoms with van der Waals surface area (Å²) in [7, 11) is 0. The highest BCUT2D eigenvalue weighted by Gasteiger charge is 2.54. The summed E-state index contributed by atoms with van der Waals surface area (Å²) in [5, 5.41) is -0.159. The maximum Gasteiger partial charge on any atom is 0.410 e. The Labute approximate surface area is 222 Å². The average molecular weight is 544 g/mol. The van der Waals surface area contributed by atoms with Gasteiger partial charge in [-0.05, 0) is 67.4 Å². The van der Waals surface area contributed by atoms with Gasteiger partial charge in [0.25, 0.3) is 0 Å². The number of amides is 4. The number of fused-ring (bicyclic) bond motifs is 2. The van der Waals surface area contributed by atoms with Crippen molar-refractivity contribution in [2.45, 2.75) is 18.7 Å². The Balaban J connectivity index is 1.49. The monoisotopic (exact) mass is 543 g/mol. The van der Waals surface area contributed by atoms with E-state index in [1.807, 2.05) is 0 Å². The van der Waals surface area contributed by atoms with E-state index >= 15 is 0 Å². The molecular weight excluding hydrogens is 521 g/mol. The zero-order valence-corrected chi connectivity index (χ0v) is 21.4. The fraction of sp³-hybridized carbons (Fsp3) is 0.308. The minimum Gasteiger partial charge on any atom is -0.450 e. The lowest BCUT2D eigenvalue weighted by atomic mass is 9.90. The molecule has 3 aliphatic rings. The van der Waals surface area contributed by atoms with E-state index in [2.05, 4.69) is 0 Å². The molecule has 0 aliphatic carbocycles. The Hall–Kier alpha value is -3.37. The minimum absolute atomic E-state index is 0.224. The van der Waals surface area contributed by atoms with E-state index in [-0.39, 0.29) is 31.2 Å². The van der Waals surface area contributed by atoms with Gasteiger partial charge < -0.3 is 14.5 Å². The fourth-order valence-corrected chi connectivity index (χ4v) is 6.54. The van der Waals surface area contributed by atoms with Crippen molar-refractivity contribution in [2.24, 2.45) is 5.92 Å². The van der Waals surface area contributed by atoms with E-state index in [1.54, 1.807) is 36.1 Å². The number of benzene rings is 2. The summed E-state index contributed by atoms with van der Waals surface area (Å²) in [5.74, 6) is -1.93. The number of ether oxygens (including phenoxy) is 1. The lowest BCUT2D eigenvalue weighted by molar-refractivity contribution is -0.122.